The Morgan fingerprint density at radius 1 is 1.35 bits per heavy atom. The number of alkyl halides is 3. The summed E-state index contributed by atoms with van der Waals surface area (Å²) in [6.07, 6.45) is -3.25. The Morgan fingerprint density at radius 3 is 2.65 bits per heavy atom. The maximum atomic E-state index is 12.6. The Kier molecular flexibility index (Phi) is 4.75. The molecule has 0 aliphatic carbocycles. The molecule has 0 amide bonds. The first-order valence-corrected chi connectivity index (χ1v) is 9.69. The van der Waals surface area contributed by atoms with Crippen LogP contribution in [0.1, 0.15) is 17.4 Å². The monoisotopic (exact) mass is 406 g/mol. The van der Waals surface area contributed by atoms with E-state index < -0.39 is 26.1 Å². The Bertz CT molecular complexity index is 970. The minimum Gasteiger partial charge on any atom is -0.371 e. The average molecular weight is 406 g/mol. The predicted molar refractivity (Wildman–Crippen MR) is 89.1 cm³/mol. The number of aromatic nitrogens is 1. The van der Waals surface area contributed by atoms with E-state index in [1.54, 1.807) is 0 Å². The van der Waals surface area contributed by atoms with E-state index >= 15 is 0 Å². The number of nitrogens with zero attached hydrogens (tertiary/aromatic N) is 4. The second-order valence-electron chi connectivity index (χ2n) is 5.46. The van der Waals surface area contributed by atoms with Gasteiger partial charge in [0.1, 0.15) is 15.5 Å². The molecule has 0 unspecified atom stereocenters. The van der Waals surface area contributed by atoms with Gasteiger partial charge in [-0.25, -0.2) is 4.98 Å². The normalized spacial score (nSPS) is 15.0. The van der Waals surface area contributed by atoms with Gasteiger partial charge < -0.3 is 4.90 Å². The molecule has 0 radical (unpaired) electrons. The first kappa shape index (κ1) is 18.7. The Balaban J connectivity index is 2.01. The number of hydrogen-bond acceptors (Lipinski definition) is 7. The van der Waals surface area contributed by atoms with Crippen LogP contribution >= 0.6 is 11.3 Å². The molecule has 0 fully saturated rings. The van der Waals surface area contributed by atoms with E-state index in [0.29, 0.717) is 31.4 Å². The fourth-order valence-electron chi connectivity index (χ4n) is 2.62. The lowest BCUT2D eigenvalue weighted by molar-refractivity contribution is -0.134. The third-order valence-electron chi connectivity index (χ3n) is 3.83. The van der Waals surface area contributed by atoms with E-state index in [2.05, 4.69) is 15.2 Å². The summed E-state index contributed by atoms with van der Waals surface area (Å²) < 4.78 is 70.6. The van der Waals surface area contributed by atoms with Crippen LogP contribution in [-0.2, 0) is 22.7 Å². The summed E-state index contributed by atoms with van der Waals surface area (Å²) in [5, 5.41) is 7.04. The molecule has 26 heavy (non-hydrogen) atoms. The van der Waals surface area contributed by atoms with Gasteiger partial charge in [0.05, 0.1) is 6.20 Å². The molecule has 1 aliphatic heterocycles. The van der Waals surface area contributed by atoms with Gasteiger partial charge in [-0.1, -0.05) is 11.3 Å². The van der Waals surface area contributed by atoms with E-state index in [4.69, 9.17) is 0 Å². The van der Waals surface area contributed by atoms with E-state index in [1.165, 1.54) is 12.1 Å². The second-order valence-corrected chi connectivity index (χ2v) is 7.86. The molecule has 3 rings (SSSR count). The van der Waals surface area contributed by atoms with Crippen LogP contribution < -0.4 is 4.90 Å². The number of likely N-dealkylation sites (N-methyl/N-ethyl adjacent to an activating group) is 1. The summed E-state index contributed by atoms with van der Waals surface area (Å²) in [5.74, 6) is 0. The van der Waals surface area contributed by atoms with Crippen molar-refractivity contribution in [3.8, 4) is 0 Å². The fraction of sp³-hybridized carbons (Fsp3) is 0.357. The van der Waals surface area contributed by atoms with Crippen LogP contribution in [0.4, 0.5) is 29.7 Å². The van der Waals surface area contributed by atoms with Crippen molar-refractivity contribution >= 4 is 38.0 Å². The molecule has 2 heterocycles. The van der Waals surface area contributed by atoms with Crippen LogP contribution in [0, 0.1) is 0 Å². The minimum atomic E-state index is -4.59. The zero-order chi connectivity index (χ0) is 19.1. The lowest BCUT2D eigenvalue weighted by Crippen LogP contribution is -2.19. The molecule has 0 bridgehead atoms. The Labute approximate surface area is 150 Å². The molecule has 0 spiro atoms. The molecule has 12 heteroatoms. The topological polar surface area (TPSA) is 95.2 Å². The third-order valence-corrected chi connectivity index (χ3v) is 5.64. The number of azo groups is 1. The maximum absolute atomic E-state index is 12.6. The van der Waals surface area contributed by atoms with Crippen molar-refractivity contribution in [3.63, 3.8) is 0 Å². The number of anilines is 1. The van der Waals surface area contributed by atoms with Crippen LogP contribution in [0.2, 0.25) is 0 Å². The van der Waals surface area contributed by atoms with Gasteiger partial charge in [0.25, 0.3) is 10.1 Å². The lowest BCUT2D eigenvalue weighted by Gasteiger charge is -2.17. The summed E-state index contributed by atoms with van der Waals surface area (Å²) >= 11 is 0.285. The van der Waals surface area contributed by atoms with Gasteiger partial charge in [0, 0.05) is 18.8 Å². The van der Waals surface area contributed by atoms with Crippen LogP contribution in [0.15, 0.2) is 33.5 Å². The highest BCUT2D eigenvalue weighted by atomic mass is 32.2. The summed E-state index contributed by atoms with van der Waals surface area (Å²) in [6.45, 7) is 3.27. The first-order valence-electron chi connectivity index (χ1n) is 7.43. The SMILES string of the molecule is CCN1CCc2cc(N=Nc3ncc(C(F)(F)F)s3)c(S(=O)(=O)O)cc21. The Hall–Kier alpha value is -2.05. The summed E-state index contributed by atoms with van der Waals surface area (Å²) in [6, 6.07) is 2.77. The number of benzene rings is 1. The van der Waals surface area contributed by atoms with Gasteiger partial charge in [0.2, 0.25) is 5.13 Å². The van der Waals surface area contributed by atoms with Crippen LogP contribution in [0.25, 0.3) is 0 Å². The molecule has 140 valence electrons. The van der Waals surface area contributed by atoms with Crippen LogP contribution in [0.5, 0.6) is 0 Å². The third kappa shape index (κ3) is 3.71. The van der Waals surface area contributed by atoms with Crippen LogP contribution in [-0.4, -0.2) is 31.0 Å². The highest BCUT2D eigenvalue weighted by molar-refractivity contribution is 7.86. The summed E-state index contributed by atoms with van der Waals surface area (Å²) in [5.41, 5.74) is 1.35. The number of halogens is 3. The molecular weight excluding hydrogens is 393 g/mol. The van der Waals surface area contributed by atoms with Crippen molar-refractivity contribution in [2.75, 3.05) is 18.0 Å². The molecule has 1 N–H and O–H groups in total. The molecule has 7 nitrogen and oxygen atoms in total. The second kappa shape index (κ2) is 6.59. The zero-order valence-corrected chi connectivity index (χ0v) is 15.0. The van der Waals surface area contributed by atoms with Crippen molar-refractivity contribution in [2.24, 2.45) is 10.2 Å². The average Bonchev–Trinajstić information content (AvgIpc) is 3.17. The van der Waals surface area contributed by atoms with Gasteiger partial charge in [-0.2, -0.15) is 21.6 Å². The standard InChI is InChI=1S/C14H13F3N4O3S2/c1-2-21-4-3-8-5-9(11(6-10(8)21)26(22,23)24)19-20-13-18-7-12(25-13)14(15,16)17/h5-7H,2-4H2,1H3,(H,22,23,24). The number of rotatable bonds is 4. The zero-order valence-electron chi connectivity index (χ0n) is 13.4. The molecule has 0 saturated carbocycles. The van der Waals surface area contributed by atoms with Gasteiger partial charge >= 0.3 is 6.18 Å². The van der Waals surface area contributed by atoms with Crippen molar-refractivity contribution in [1.29, 1.82) is 0 Å². The molecule has 2 aromatic rings. The number of thiazole rings is 1. The van der Waals surface area contributed by atoms with Gasteiger partial charge in [-0.15, -0.1) is 10.2 Å². The van der Waals surface area contributed by atoms with Crippen molar-refractivity contribution in [1.82, 2.24) is 4.98 Å². The van der Waals surface area contributed by atoms with E-state index in [-0.39, 0.29) is 22.2 Å². The van der Waals surface area contributed by atoms with E-state index in [0.717, 1.165) is 5.56 Å². The molecular formula is C14H13F3N4O3S2. The number of hydrogen-bond donors (Lipinski definition) is 1. The van der Waals surface area contributed by atoms with E-state index in [9.17, 15) is 26.1 Å². The van der Waals surface area contributed by atoms with Crippen molar-refractivity contribution in [2.45, 2.75) is 24.4 Å². The Morgan fingerprint density at radius 2 is 2.08 bits per heavy atom. The quantitative estimate of drug-likeness (QED) is 0.606. The summed E-state index contributed by atoms with van der Waals surface area (Å²) in [7, 11) is -4.59. The molecule has 1 aliphatic rings. The highest BCUT2D eigenvalue weighted by Crippen LogP contribution is 2.39. The van der Waals surface area contributed by atoms with Gasteiger partial charge in [-0.05, 0) is 31.0 Å². The minimum absolute atomic E-state index is 0.145. The smallest absolute Gasteiger partial charge is 0.371 e. The maximum Gasteiger partial charge on any atom is 0.427 e. The number of fused-ring (bicyclic) bond motifs is 1. The van der Waals surface area contributed by atoms with Crippen molar-refractivity contribution in [3.05, 3.63) is 28.8 Å². The predicted octanol–water partition coefficient (Wildman–Crippen LogP) is 4.21. The van der Waals surface area contributed by atoms with Crippen molar-refractivity contribution < 1.29 is 26.1 Å². The molecule has 1 aromatic heterocycles. The summed E-state index contributed by atoms with van der Waals surface area (Å²) in [4.78, 5) is 4.06. The highest BCUT2D eigenvalue weighted by Gasteiger charge is 2.33. The molecule has 0 atom stereocenters. The largest absolute Gasteiger partial charge is 0.427 e. The fourth-order valence-corrected chi connectivity index (χ4v) is 3.85. The van der Waals surface area contributed by atoms with E-state index in [1.807, 2.05) is 11.8 Å². The molecule has 0 saturated heterocycles. The first-order chi connectivity index (χ1) is 12.1. The van der Waals surface area contributed by atoms with Gasteiger partial charge in [0.15, 0.2) is 0 Å². The van der Waals surface area contributed by atoms with Crippen LogP contribution in [0.3, 0.4) is 0 Å². The lowest BCUT2D eigenvalue weighted by atomic mass is 10.1. The van der Waals surface area contributed by atoms with Gasteiger partial charge in [-0.3, -0.25) is 4.55 Å². The molecule has 1 aromatic carbocycles.